The lowest BCUT2D eigenvalue weighted by Gasteiger charge is -2.43. The monoisotopic (exact) mass is 361 g/mol. The standard InChI is InChI=1S/C16H22BrF2NO/c1-10-4-3-7-16(9-10,21-2)14(20)8-11-13(18)6-5-12(17)15(11)19/h5-6,10,14H,3-4,7-9,20H2,1-2H3. The Labute approximate surface area is 133 Å². The van der Waals surface area contributed by atoms with Crippen molar-refractivity contribution in [3.8, 4) is 0 Å². The summed E-state index contributed by atoms with van der Waals surface area (Å²) in [5.74, 6) is -0.608. The van der Waals surface area contributed by atoms with Crippen molar-refractivity contribution in [3.63, 3.8) is 0 Å². The van der Waals surface area contributed by atoms with Gasteiger partial charge in [-0.2, -0.15) is 0 Å². The third kappa shape index (κ3) is 3.46. The molecule has 1 fully saturated rings. The van der Waals surface area contributed by atoms with Crippen LogP contribution in [0.3, 0.4) is 0 Å². The fourth-order valence-corrected chi connectivity index (χ4v) is 3.75. The molecule has 2 nitrogen and oxygen atoms in total. The Bertz CT molecular complexity index is 511. The van der Waals surface area contributed by atoms with E-state index in [0.717, 1.165) is 25.7 Å². The van der Waals surface area contributed by atoms with Crippen LogP contribution in [0, 0.1) is 17.6 Å². The largest absolute Gasteiger partial charge is 0.377 e. The molecule has 1 aromatic carbocycles. The van der Waals surface area contributed by atoms with Gasteiger partial charge in [-0.15, -0.1) is 0 Å². The van der Waals surface area contributed by atoms with Gasteiger partial charge < -0.3 is 10.5 Å². The van der Waals surface area contributed by atoms with Crippen LogP contribution >= 0.6 is 15.9 Å². The molecule has 1 saturated carbocycles. The summed E-state index contributed by atoms with van der Waals surface area (Å²) in [5.41, 5.74) is 5.85. The topological polar surface area (TPSA) is 35.2 Å². The van der Waals surface area contributed by atoms with Crippen molar-refractivity contribution in [3.05, 3.63) is 33.8 Å². The first-order valence-electron chi connectivity index (χ1n) is 7.32. The van der Waals surface area contributed by atoms with Crippen LogP contribution in [-0.2, 0) is 11.2 Å². The van der Waals surface area contributed by atoms with E-state index in [1.165, 1.54) is 12.1 Å². The summed E-state index contributed by atoms with van der Waals surface area (Å²) in [4.78, 5) is 0. The van der Waals surface area contributed by atoms with Crippen LogP contribution < -0.4 is 5.73 Å². The molecule has 1 aliphatic carbocycles. The first-order chi connectivity index (χ1) is 9.89. The van der Waals surface area contributed by atoms with Crippen molar-refractivity contribution in [2.24, 2.45) is 11.7 Å². The number of methoxy groups -OCH3 is 1. The van der Waals surface area contributed by atoms with Crippen LogP contribution in [0.25, 0.3) is 0 Å². The van der Waals surface area contributed by atoms with E-state index in [1.54, 1.807) is 7.11 Å². The molecule has 3 unspecified atom stereocenters. The zero-order valence-electron chi connectivity index (χ0n) is 12.5. The number of nitrogens with two attached hydrogens (primary N) is 1. The molecule has 5 heteroatoms. The fourth-order valence-electron chi connectivity index (χ4n) is 3.38. The predicted octanol–water partition coefficient (Wildman–Crippen LogP) is 4.19. The number of benzene rings is 1. The van der Waals surface area contributed by atoms with Crippen LogP contribution in [0.1, 0.15) is 38.2 Å². The Kier molecular flexibility index (Phi) is 5.38. The Balaban J connectivity index is 2.24. The maximum absolute atomic E-state index is 14.1. The van der Waals surface area contributed by atoms with Crippen molar-refractivity contribution in [1.82, 2.24) is 0 Å². The third-order valence-electron chi connectivity index (χ3n) is 4.64. The molecule has 0 amide bonds. The number of hydrogen-bond acceptors (Lipinski definition) is 2. The highest BCUT2D eigenvalue weighted by Crippen LogP contribution is 2.38. The lowest BCUT2D eigenvalue weighted by Crippen LogP contribution is -2.53. The van der Waals surface area contributed by atoms with Gasteiger partial charge in [0, 0.05) is 18.7 Å². The van der Waals surface area contributed by atoms with Crippen molar-refractivity contribution in [2.45, 2.75) is 50.7 Å². The summed E-state index contributed by atoms with van der Waals surface area (Å²) >= 11 is 3.09. The molecule has 0 spiro atoms. The molecule has 0 aliphatic heterocycles. The molecule has 0 saturated heterocycles. The first-order valence-corrected chi connectivity index (χ1v) is 8.12. The van der Waals surface area contributed by atoms with Crippen molar-refractivity contribution in [2.75, 3.05) is 7.11 Å². The molecule has 0 heterocycles. The summed E-state index contributed by atoms with van der Waals surface area (Å²) in [7, 11) is 1.64. The van der Waals surface area contributed by atoms with Gasteiger partial charge in [-0.25, -0.2) is 8.78 Å². The van der Waals surface area contributed by atoms with Gasteiger partial charge in [-0.05, 0) is 53.2 Å². The molecule has 21 heavy (non-hydrogen) atoms. The Morgan fingerprint density at radius 1 is 1.48 bits per heavy atom. The number of hydrogen-bond donors (Lipinski definition) is 1. The summed E-state index contributed by atoms with van der Waals surface area (Å²) < 4.78 is 34.0. The zero-order valence-corrected chi connectivity index (χ0v) is 14.1. The Hall–Kier alpha value is -0.520. The lowest BCUT2D eigenvalue weighted by atomic mass is 9.73. The average Bonchev–Trinajstić information content (AvgIpc) is 2.47. The normalized spacial score (nSPS) is 27.6. The maximum atomic E-state index is 14.1. The Morgan fingerprint density at radius 2 is 2.19 bits per heavy atom. The highest BCUT2D eigenvalue weighted by Gasteiger charge is 2.41. The van der Waals surface area contributed by atoms with Gasteiger partial charge in [-0.3, -0.25) is 0 Å². The second-order valence-electron chi connectivity index (χ2n) is 6.10. The predicted molar refractivity (Wildman–Crippen MR) is 83.1 cm³/mol. The highest BCUT2D eigenvalue weighted by atomic mass is 79.9. The van der Waals surface area contributed by atoms with Crippen LogP contribution in [0.5, 0.6) is 0 Å². The molecule has 2 rings (SSSR count). The van der Waals surface area contributed by atoms with Gasteiger partial charge >= 0.3 is 0 Å². The van der Waals surface area contributed by atoms with Gasteiger partial charge in [0.15, 0.2) is 0 Å². The van der Waals surface area contributed by atoms with Crippen molar-refractivity contribution >= 4 is 15.9 Å². The molecular formula is C16H22BrF2NO. The van der Waals surface area contributed by atoms with Crippen LogP contribution in [0.15, 0.2) is 16.6 Å². The fraction of sp³-hybridized carbons (Fsp3) is 0.625. The molecule has 0 radical (unpaired) electrons. The minimum Gasteiger partial charge on any atom is -0.377 e. The summed E-state index contributed by atoms with van der Waals surface area (Å²) in [6, 6.07) is 2.20. The van der Waals surface area contributed by atoms with E-state index >= 15 is 0 Å². The molecule has 1 aromatic rings. The molecule has 0 aromatic heterocycles. The minimum absolute atomic E-state index is 0.0338. The van der Waals surface area contributed by atoms with Gasteiger partial charge in [0.05, 0.1) is 10.1 Å². The summed E-state index contributed by atoms with van der Waals surface area (Å²) in [5, 5.41) is 0. The summed E-state index contributed by atoms with van der Waals surface area (Å²) in [6.07, 6.45) is 4.00. The lowest BCUT2D eigenvalue weighted by molar-refractivity contribution is -0.0707. The highest BCUT2D eigenvalue weighted by molar-refractivity contribution is 9.10. The molecule has 118 valence electrons. The molecule has 0 bridgehead atoms. The van der Waals surface area contributed by atoms with E-state index in [1.807, 2.05) is 0 Å². The van der Waals surface area contributed by atoms with E-state index in [-0.39, 0.29) is 16.5 Å². The SMILES string of the molecule is COC1(C(N)Cc2c(F)ccc(Br)c2F)CCCC(C)C1. The molecule has 1 aliphatic rings. The van der Waals surface area contributed by atoms with Gasteiger partial charge in [0.2, 0.25) is 0 Å². The minimum atomic E-state index is -0.569. The number of halogens is 3. The van der Waals surface area contributed by atoms with Crippen LogP contribution in [-0.4, -0.2) is 18.8 Å². The van der Waals surface area contributed by atoms with Crippen molar-refractivity contribution in [1.29, 1.82) is 0 Å². The second kappa shape index (κ2) is 6.71. The van der Waals surface area contributed by atoms with E-state index in [9.17, 15) is 8.78 Å². The summed E-state index contributed by atoms with van der Waals surface area (Å²) in [6.45, 7) is 2.17. The third-order valence-corrected chi connectivity index (χ3v) is 5.25. The zero-order chi connectivity index (χ0) is 15.6. The smallest absolute Gasteiger partial charge is 0.143 e. The second-order valence-corrected chi connectivity index (χ2v) is 6.96. The number of ether oxygens (including phenoxy) is 1. The van der Waals surface area contributed by atoms with Gasteiger partial charge in [-0.1, -0.05) is 19.8 Å². The maximum Gasteiger partial charge on any atom is 0.143 e. The molecular weight excluding hydrogens is 340 g/mol. The molecule has 3 atom stereocenters. The van der Waals surface area contributed by atoms with E-state index in [2.05, 4.69) is 22.9 Å². The molecule has 2 N–H and O–H groups in total. The van der Waals surface area contributed by atoms with E-state index in [4.69, 9.17) is 10.5 Å². The Morgan fingerprint density at radius 3 is 2.81 bits per heavy atom. The van der Waals surface area contributed by atoms with E-state index < -0.39 is 23.3 Å². The average molecular weight is 362 g/mol. The van der Waals surface area contributed by atoms with E-state index in [0.29, 0.717) is 5.92 Å². The quantitative estimate of drug-likeness (QED) is 0.815. The van der Waals surface area contributed by atoms with Gasteiger partial charge in [0.25, 0.3) is 0 Å². The first kappa shape index (κ1) is 16.8. The van der Waals surface area contributed by atoms with Gasteiger partial charge in [0.1, 0.15) is 11.6 Å². The number of rotatable bonds is 4. The van der Waals surface area contributed by atoms with Crippen molar-refractivity contribution < 1.29 is 13.5 Å². The van der Waals surface area contributed by atoms with Crippen LogP contribution in [0.4, 0.5) is 8.78 Å². The van der Waals surface area contributed by atoms with Crippen LogP contribution in [0.2, 0.25) is 0 Å².